The highest BCUT2D eigenvalue weighted by molar-refractivity contribution is 5.60. The Morgan fingerprint density at radius 2 is 2.20 bits per heavy atom. The Labute approximate surface area is 92.2 Å². The van der Waals surface area contributed by atoms with Gasteiger partial charge >= 0.3 is 0 Å². The van der Waals surface area contributed by atoms with E-state index in [1.807, 2.05) is 0 Å². The summed E-state index contributed by atoms with van der Waals surface area (Å²) in [4.78, 5) is 0. The van der Waals surface area contributed by atoms with Crippen LogP contribution in [0.1, 0.15) is 35.6 Å². The maximum Gasteiger partial charge on any atom is 0.0214 e. The zero-order chi connectivity index (χ0) is 10.7. The molecule has 1 nitrogen and oxygen atoms in total. The van der Waals surface area contributed by atoms with E-state index < -0.39 is 0 Å². The van der Waals surface area contributed by atoms with Gasteiger partial charge < -0.3 is 5.32 Å². The molecule has 0 atom stereocenters. The Balaban J connectivity index is 2.51. The first-order chi connectivity index (χ1) is 7.33. The fourth-order valence-corrected chi connectivity index (χ4v) is 2.29. The number of allylic oxidation sites excluding steroid dienone is 1. The highest BCUT2D eigenvalue weighted by atomic mass is 14.8. The summed E-state index contributed by atoms with van der Waals surface area (Å²) in [5, 5.41) is 3.50. The van der Waals surface area contributed by atoms with Crippen LogP contribution >= 0.6 is 0 Å². The van der Waals surface area contributed by atoms with E-state index in [-0.39, 0.29) is 0 Å². The first kappa shape index (κ1) is 10.4. The van der Waals surface area contributed by atoms with Crippen molar-refractivity contribution in [2.24, 2.45) is 0 Å². The van der Waals surface area contributed by atoms with Crippen molar-refractivity contribution in [1.29, 1.82) is 0 Å². The van der Waals surface area contributed by atoms with Gasteiger partial charge in [-0.05, 0) is 55.5 Å². The zero-order valence-electron chi connectivity index (χ0n) is 9.64. The largest absolute Gasteiger partial charge is 0.313 e. The summed E-state index contributed by atoms with van der Waals surface area (Å²) in [6.07, 6.45) is 6.84. The quantitative estimate of drug-likeness (QED) is 0.736. The van der Waals surface area contributed by atoms with Crippen LogP contribution in [0.2, 0.25) is 0 Å². The molecule has 80 valence electrons. The molecule has 0 aliphatic carbocycles. The maximum atomic E-state index is 3.50. The molecule has 1 aliphatic heterocycles. The van der Waals surface area contributed by atoms with Crippen molar-refractivity contribution in [3.8, 4) is 0 Å². The third-order valence-electron chi connectivity index (χ3n) is 3.11. The van der Waals surface area contributed by atoms with E-state index in [1.165, 1.54) is 35.1 Å². The van der Waals surface area contributed by atoms with Crippen LogP contribution in [-0.2, 0) is 13.0 Å². The smallest absolute Gasteiger partial charge is 0.0214 e. The van der Waals surface area contributed by atoms with Crippen LogP contribution in [0.25, 0.3) is 6.08 Å². The monoisotopic (exact) mass is 201 g/mol. The topological polar surface area (TPSA) is 12.0 Å². The maximum absolute atomic E-state index is 3.50. The van der Waals surface area contributed by atoms with Crippen molar-refractivity contribution in [1.82, 2.24) is 5.32 Å². The summed E-state index contributed by atoms with van der Waals surface area (Å²) in [6, 6.07) is 4.55. The van der Waals surface area contributed by atoms with Crippen LogP contribution in [0.5, 0.6) is 0 Å². The van der Waals surface area contributed by atoms with Crippen molar-refractivity contribution in [2.75, 3.05) is 6.54 Å². The molecule has 0 amide bonds. The van der Waals surface area contributed by atoms with E-state index in [0.29, 0.717) is 0 Å². The molecule has 15 heavy (non-hydrogen) atoms. The van der Waals surface area contributed by atoms with E-state index in [4.69, 9.17) is 0 Å². The van der Waals surface area contributed by atoms with Gasteiger partial charge in [0.15, 0.2) is 0 Å². The van der Waals surface area contributed by atoms with Gasteiger partial charge in [0.1, 0.15) is 0 Å². The summed E-state index contributed by atoms with van der Waals surface area (Å²) in [5.74, 6) is 0. The van der Waals surface area contributed by atoms with Gasteiger partial charge in [-0.2, -0.15) is 0 Å². The third kappa shape index (κ3) is 2.13. The van der Waals surface area contributed by atoms with Crippen LogP contribution in [0.4, 0.5) is 0 Å². The lowest BCUT2D eigenvalue weighted by Crippen LogP contribution is -2.13. The van der Waals surface area contributed by atoms with E-state index in [1.54, 1.807) is 0 Å². The molecule has 0 aromatic heterocycles. The number of hydrogen-bond acceptors (Lipinski definition) is 1. The molecule has 1 aliphatic rings. The molecule has 1 aromatic rings. The Hall–Kier alpha value is -1.08. The van der Waals surface area contributed by atoms with Gasteiger partial charge in [0.05, 0.1) is 0 Å². The molecule has 0 radical (unpaired) electrons. The van der Waals surface area contributed by atoms with E-state index >= 15 is 0 Å². The van der Waals surface area contributed by atoms with Crippen molar-refractivity contribution >= 4 is 6.08 Å². The second-order valence-electron chi connectivity index (χ2n) is 4.21. The van der Waals surface area contributed by atoms with Crippen molar-refractivity contribution < 1.29 is 0 Å². The van der Waals surface area contributed by atoms with Crippen molar-refractivity contribution in [3.05, 3.63) is 40.5 Å². The Kier molecular flexibility index (Phi) is 3.22. The second kappa shape index (κ2) is 4.63. The van der Waals surface area contributed by atoms with Gasteiger partial charge in [-0.25, -0.2) is 0 Å². The number of aryl methyl sites for hydroxylation is 2. The highest BCUT2D eigenvalue weighted by Crippen LogP contribution is 2.23. The number of nitrogens with one attached hydrogen (secondary N) is 1. The summed E-state index contributed by atoms with van der Waals surface area (Å²) >= 11 is 0. The Morgan fingerprint density at radius 3 is 3.00 bits per heavy atom. The Bertz CT molecular complexity index is 377. The third-order valence-corrected chi connectivity index (χ3v) is 3.11. The van der Waals surface area contributed by atoms with Gasteiger partial charge in [-0.15, -0.1) is 0 Å². The molecule has 1 heterocycles. The van der Waals surface area contributed by atoms with Crippen LogP contribution in [-0.4, -0.2) is 6.54 Å². The summed E-state index contributed by atoms with van der Waals surface area (Å²) in [6.45, 7) is 6.45. The lowest BCUT2D eigenvalue weighted by atomic mass is 9.94. The van der Waals surface area contributed by atoms with Crippen molar-refractivity contribution in [3.63, 3.8) is 0 Å². The standard InChI is InChI=1S/C14H19N/c1-3-5-13-11(2)7-8-12-6-4-9-15-10-14(12)13/h3,5,7-8,15H,4,6,9-10H2,1-2H3/b5-3-. The highest BCUT2D eigenvalue weighted by Gasteiger charge is 2.11. The normalized spacial score (nSPS) is 16.4. The molecule has 0 unspecified atom stereocenters. The molecule has 1 aromatic carbocycles. The lowest BCUT2D eigenvalue weighted by molar-refractivity contribution is 0.680. The molecule has 0 fully saturated rings. The van der Waals surface area contributed by atoms with Crippen LogP contribution < -0.4 is 5.32 Å². The molecule has 0 spiro atoms. The molecule has 2 rings (SSSR count). The molecule has 1 N–H and O–H groups in total. The lowest BCUT2D eigenvalue weighted by Gasteiger charge is -2.12. The minimum absolute atomic E-state index is 1.02. The van der Waals surface area contributed by atoms with Crippen LogP contribution in [0.15, 0.2) is 18.2 Å². The van der Waals surface area contributed by atoms with E-state index in [0.717, 1.165) is 13.1 Å². The fraction of sp³-hybridized carbons (Fsp3) is 0.429. The summed E-state index contributed by atoms with van der Waals surface area (Å²) in [7, 11) is 0. The van der Waals surface area contributed by atoms with Gasteiger partial charge in [-0.1, -0.05) is 24.3 Å². The average molecular weight is 201 g/mol. The molecule has 0 bridgehead atoms. The molecular weight excluding hydrogens is 182 g/mol. The molecular formula is C14H19N. The van der Waals surface area contributed by atoms with Gasteiger partial charge in [0, 0.05) is 6.54 Å². The Morgan fingerprint density at radius 1 is 1.33 bits per heavy atom. The summed E-state index contributed by atoms with van der Waals surface area (Å²) < 4.78 is 0. The van der Waals surface area contributed by atoms with Crippen molar-refractivity contribution in [2.45, 2.75) is 33.2 Å². The number of fused-ring (bicyclic) bond motifs is 1. The van der Waals surface area contributed by atoms with Gasteiger partial charge in [-0.3, -0.25) is 0 Å². The average Bonchev–Trinajstić information content (AvgIpc) is 2.47. The predicted octanol–water partition coefficient (Wildman–Crippen LogP) is 3.06. The van der Waals surface area contributed by atoms with E-state index in [2.05, 4.69) is 43.4 Å². The molecule has 1 heteroatoms. The fourth-order valence-electron chi connectivity index (χ4n) is 2.29. The first-order valence-electron chi connectivity index (χ1n) is 5.77. The summed E-state index contributed by atoms with van der Waals surface area (Å²) in [5.41, 5.74) is 5.84. The zero-order valence-corrected chi connectivity index (χ0v) is 9.64. The van der Waals surface area contributed by atoms with Crippen LogP contribution in [0, 0.1) is 6.92 Å². The van der Waals surface area contributed by atoms with Gasteiger partial charge in [0.2, 0.25) is 0 Å². The number of benzene rings is 1. The predicted molar refractivity (Wildman–Crippen MR) is 65.9 cm³/mol. The number of rotatable bonds is 1. The van der Waals surface area contributed by atoms with Gasteiger partial charge in [0.25, 0.3) is 0 Å². The molecule has 0 saturated carbocycles. The minimum atomic E-state index is 1.02. The van der Waals surface area contributed by atoms with Crippen LogP contribution in [0.3, 0.4) is 0 Å². The second-order valence-corrected chi connectivity index (χ2v) is 4.21. The SMILES string of the molecule is C/C=C\c1c(C)ccc2c1CNCCC2. The van der Waals surface area contributed by atoms with E-state index in [9.17, 15) is 0 Å². The first-order valence-corrected chi connectivity index (χ1v) is 5.77. The number of hydrogen-bond donors (Lipinski definition) is 1. The molecule has 0 saturated heterocycles. The minimum Gasteiger partial charge on any atom is -0.313 e.